The first-order valence-corrected chi connectivity index (χ1v) is 4.00. The van der Waals surface area contributed by atoms with Gasteiger partial charge in [0.05, 0.1) is 0 Å². The van der Waals surface area contributed by atoms with Crippen molar-refractivity contribution in [1.29, 1.82) is 0 Å². The quantitative estimate of drug-likeness (QED) is 0.759. The maximum atomic E-state index is 13.1. The second-order valence-electron chi connectivity index (χ2n) is 2.91. The van der Waals surface area contributed by atoms with Crippen molar-refractivity contribution in [2.24, 2.45) is 11.5 Å². The predicted molar refractivity (Wildman–Crippen MR) is 47.1 cm³/mol. The molecule has 0 aliphatic carbocycles. The number of amides is 1. The number of nitrogens with two attached hydrogens (primary N) is 2. The average molecular weight is 200 g/mol. The topological polar surface area (TPSA) is 69.1 Å². The van der Waals surface area contributed by atoms with Crippen molar-refractivity contribution >= 4 is 5.91 Å². The second kappa shape index (κ2) is 4.15. The van der Waals surface area contributed by atoms with Crippen LogP contribution in [0, 0.1) is 11.6 Å². The summed E-state index contributed by atoms with van der Waals surface area (Å²) in [7, 11) is 0. The van der Waals surface area contributed by atoms with Crippen molar-refractivity contribution in [3.63, 3.8) is 0 Å². The van der Waals surface area contributed by atoms with E-state index in [1.54, 1.807) is 0 Å². The van der Waals surface area contributed by atoms with Crippen molar-refractivity contribution in [2.45, 2.75) is 12.5 Å². The summed E-state index contributed by atoms with van der Waals surface area (Å²) in [5.74, 6) is -2.22. The normalized spacial score (nSPS) is 12.5. The van der Waals surface area contributed by atoms with E-state index in [0.717, 1.165) is 12.1 Å². The van der Waals surface area contributed by atoms with Crippen molar-refractivity contribution in [1.82, 2.24) is 0 Å². The lowest BCUT2D eigenvalue weighted by Crippen LogP contribution is -2.22. The van der Waals surface area contributed by atoms with Crippen molar-refractivity contribution in [2.75, 3.05) is 0 Å². The van der Waals surface area contributed by atoms with Crippen LogP contribution in [0.2, 0.25) is 0 Å². The molecule has 1 amide bonds. The van der Waals surface area contributed by atoms with Crippen LogP contribution >= 0.6 is 0 Å². The molecule has 0 aliphatic heterocycles. The summed E-state index contributed by atoms with van der Waals surface area (Å²) in [6.45, 7) is 0. The van der Waals surface area contributed by atoms with Crippen LogP contribution in [0.1, 0.15) is 18.0 Å². The SMILES string of the molecule is NC(=O)CC(N)c1c(F)cccc1F. The Morgan fingerprint density at radius 2 is 1.86 bits per heavy atom. The van der Waals surface area contributed by atoms with Crippen LogP contribution < -0.4 is 11.5 Å². The molecule has 0 heterocycles. The number of halogens is 2. The average Bonchev–Trinajstić information content (AvgIpc) is 2.01. The third-order valence-electron chi connectivity index (χ3n) is 1.79. The molecular formula is C9H10F2N2O. The third-order valence-corrected chi connectivity index (χ3v) is 1.79. The Kier molecular flexibility index (Phi) is 3.14. The fraction of sp³-hybridized carbons (Fsp3) is 0.222. The van der Waals surface area contributed by atoms with E-state index in [9.17, 15) is 13.6 Å². The number of rotatable bonds is 3. The van der Waals surface area contributed by atoms with Gasteiger partial charge in [-0.1, -0.05) is 6.07 Å². The zero-order chi connectivity index (χ0) is 10.7. The molecule has 1 rings (SSSR count). The van der Waals surface area contributed by atoms with E-state index in [0.29, 0.717) is 0 Å². The Bertz CT molecular complexity index is 334. The molecule has 76 valence electrons. The molecule has 1 aromatic carbocycles. The lowest BCUT2D eigenvalue weighted by Gasteiger charge is -2.11. The fourth-order valence-corrected chi connectivity index (χ4v) is 1.18. The lowest BCUT2D eigenvalue weighted by molar-refractivity contribution is -0.118. The van der Waals surface area contributed by atoms with Crippen LogP contribution in [0.3, 0.4) is 0 Å². The highest BCUT2D eigenvalue weighted by Crippen LogP contribution is 2.20. The smallest absolute Gasteiger partial charge is 0.219 e. The molecule has 14 heavy (non-hydrogen) atoms. The van der Waals surface area contributed by atoms with Gasteiger partial charge in [0, 0.05) is 18.0 Å². The zero-order valence-electron chi connectivity index (χ0n) is 7.34. The minimum absolute atomic E-state index is 0.280. The van der Waals surface area contributed by atoms with Gasteiger partial charge >= 0.3 is 0 Å². The van der Waals surface area contributed by atoms with Gasteiger partial charge in [0.15, 0.2) is 0 Å². The van der Waals surface area contributed by atoms with E-state index in [2.05, 4.69) is 0 Å². The molecule has 3 nitrogen and oxygen atoms in total. The Morgan fingerprint density at radius 1 is 1.36 bits per heavy atom. The minimum atomic E-state index is -1.03. The summed E-state index contributed by atoms with van der Waals surface area (Å²) >= 11 is 0. The van der Waals surface area contributed by atoms with Gasteiger partial charge in [-0.3, -0.25) is 4.79 Å². The molecule has 0 saturated carbocycles. The van der Waals surface area contributed by atoms with Gasteiger partial charge in [-0.25, -0.2) is 8.78 Å². The molecule has 1 aromatic rings. The first kappa shape index (κ1) is 10.6. The van der Waals surface area contributed by atoms with E-state index >= 15 is 0 Å². The number of carbonyl (C=O) groups is 1. The molecule has 4 N–H and O–H groups in total. The Hall–Kier alpha value is -1.49. The van der Waals surface area contributed by atoms with E-state index < -0.39 is 23.6 Å². The van der Waals surface area contributed by atoms with Crippen LogP contribution in [0.5, 0.6) is 0 Å². The standard InChI is InChI=1S/C9H10F2N2O/c10-5-2-1-3-6(11)9(5)7(12)4-8(13)14/h1-3,7H,4,12H2,(H2,13,14). The fourth-order valence-electron chi connectivity index (χ4n) is 1.18. The largest absolute Gasteiger partial charge is 0.370 e. The van der Waals surface area contributed by atoms with Gasteiger partial charge < -0.3 is 11.5 Å². The van der Waals surface area contributed by atoms with Gasteiger partial charge in [-0.15, -0.1) is 0 Å². The van der Waals surface area contributed by atoms with E-state index in [1.165, 1.54) is 6.07 Å². The molecule has 0 saturated heterocycles. The van der Waals surface area contributed by atoms with Crippen LogP contribution in [-0.2, 0) is 4.79 Å². The number of hydrogen-bond acceptors (Lipinski definition) is 2. The molecule has 5 heteroatoms. The van der Waals surface area contributed by atoms with E-state index in [1.807, 2.05) is 0 Å². The Morgan fingerprint density at radius 3 is 2.29 bits per heavy atom. The molecule has 1 atom stereocenters. The highest BCUT2D eigenvalue weighted by molar-refractivity contribution is 5.74. The van der Waals surface area contributed by atoms with Crippen LogP contribution in [-0.4, -0.2) is 5.91 Å². The van der Waals surface area contributed by atoms with Crippen LogP contribution in [0.25, 0.3) is 0 Å². The molecule has 0 spiro atoms. The second-order valence-corrected chi connectivity index (χ2v) is 2.91. The summed E-state index contributed by atoms with van der Waals surface area (Å²) in [5.41, 5.74) is 9.98. The molecule has 0 aliphatic rings. The van der Waals surface area contributed by atoms with E-state index in [4.69, 9.17) is 11.5 Å². The molecular weight excluding hydrogens is 190 g/mol. The molecule has 0 fully saturated rings. The number of hydrogen-bond donors (Lipinski definition) is 2. The summed E-state index contributed by atoms with van der Waals surface area (Å²) in [5, 5.41) is 0. The highest BCUT2D eigenvalue weighted by Gasteiger charge is 2.17. The highest BCUT2D eigenvalue weighted by atomic mass is 19.1. The summed E-state index contributed by atoms with van der Waals surface area (Å²) in [6.07, 6.45) is -0.280. The van der Waals surface area contributed by atoms with Gasteiger partial charge in [0.25, 0.3) is 0 Å². The summed E-state index contributed by atoms with van der Waals surface area (Å²) in [6, 6.07) is 2.36. The molecule has 1 unspecified atom stereocenters. The van der Waals surface area contributed by atoms with Gasteiger partial charge in [0.2, 0.25) is 5.91 Å². The molecule has 0 bridgehead atoms. The first-order chi connectivity index (χ1) is 6.52. The van der Waals surface area contributed by atoms with E-state index in [-0.39, 0.29) is 12.0 Å². The van der Waals surface area contributed by atoms with Crippen LogP contribution in [0.4, 0.5) is 8.78 Å². The van der Waals surface area contributed by atoms with Crippen LogP contribution in [0.15, 0.2) is 18.2 Å². The van der Waals surface area contributed by atoms with Gasteiger partial charge in [-0.2, -0.15) is 0 Å². The van der Waals surface area contributed by atoms with Crippen molar-refractivity contribution in [3.8, 4) is 0 Å². The number of carbonyl (C=O) groups excluding carboxylic acids is 1. The maximum Gasteiger partial charge on any atom is 0.219 e. The minimum Gasteiger partial charge on any atom is -0.370 e. The Balaban J connectivity index is 2.99. The maximum absolute atomic E-state index is 13.1. The number of benzene rings is 1. The molecule has 0 radical (unpaired) electrons. The molecule has 0 aromatic heterocycles. The number of primary amides is 1. The third kappa shape index (κ3) is 2.26. The Labute approximate surface area is 79.7 Å². The first-order valence-electron chi connectivity index (χ1n) is 4.00. The van der Waals surface area contributed by atoms with Gasteiger partial charge in [0.1, 0.15) is 11.6 Å². The monoisotopic (exact) mass is 200 g/mol. The van der Waals surface area contributed by atoms with Crippen molar-refractivity contribution < 1.29 is 13.6 Å². The summed E-state index contributed by atoms with van der Waals surface area (Å²) in [4.78, 5) is 10.5. The van der Waals surface area contributed by atoms with Crippen molar-refractivity contribution in [3.05, 3.63) is 35.4 Å². The van der Waals surface area contributed by atoms with Gasteiger partial charge in [-0.05, 0) is 12.1 Å². The summed E-state index contributed by atoms with van der Waals surface area (Å²) < 4.78 is 26.2. The lowest BCUT2D eigenvalue weighted by atomic mass is 10.0. The zero-order valence-corrected chi connectivity index (χ0v) is 7.34. The predicted octanol–water partition coefficient (Wildman–Crippen LogP) is 0.840.